The van der Waals surface area contributed by atoms with Crippen molar-refractivity contribution in [2.45, 2.75) is 6.54 Å². The van der Waals surface area contributed by atoms with Crippen LogP contribution in [-0.4, -0.2) is 30.4 Å². The molecule has 0 saturated carbocycles. The lowest BCUT2D eigenvalue weighted by Gasteiger charge is -2.12. The van der Waals surface area contributed by atoms with Crippen LogP contribution < -0.4 is 10.5 Å². The number of primary amides is 1. The Balaban J connectivity index is 1.88. The van der Waals surface area contributed by atoms with Crippen LogP contribution in [-0.2, 0) is 16.1 Å². The van der Waals surface area contributed by atoms with Crippen LogP contribution in [0.5, 0.6) is 5.75 Å². The topological polar surface area (TPSA) is 85.8 Å². The summed E-state index contributed by atoms with van der Waals surface area (Å²) in [6.07, 6.45) is 4.77. The number of hydrogen-bond donors (Lipinski definition) is 1. The van der Waals surface area contributed by atoms with Crippen molar-refractivity contribution in [3.05, 3.63) is 60.1 Å². The van der Waals surface area contributed by atoms with E-state index in [4.69, 9.17) is 14.9 Å². The molecule has 0 aliphatic heterocycles. The third-order valence-electron chi connectivity index (χ3n) is 3.03. The molecule has 0 aliphatic rings. The summed E-state index contributed by atoms with van der Waals surface area (Å²) in [5.74, 6) is 0.613. The van der Waals surface area contributed by atoms with E-state index < -0.39 is 5.91 Å². The van der Waals surface area contributed by atoms with E-state index in [1.807, 2.05) is 6.07 Å². The van der Waals surface area contributed by atoms with Gasteiger partial charge in [0, 0.05) is 13.1 Å². The highest BCUT2D eigenvalue weighted by atomic mass is 16.5. The van der Waals surface area contributed by atoms with Gasteiger partial charge in [-0.15, -0.1) is 0 Å². The minimum absolute atomic E-state index is 0.129. The molecular weight excluding hydrogens is 296 g/mol. The molecule has 120 valence electrons. The third kappa shape index (κ3) is 5.35. The van der Waals surface area contributed by atoms with Gasteiger partial charge < -0.3 is 19.8 Å². The first-order valence-corrected chi connectivity index (χ1v) is 7.01. The molecule has 2 amide bonds. The van der Waals surface area contributed by atoms with Gasteiger partial charge in [0.1, 0.15) is 11.5 Å². The zero-order valence-corrected chi connectivity index (χ0v) is 12.8. The van der Waals surface area contributed by atoms with Gasteiger partial charge in [0.05, 0.1) is 12.8 Å². The van der Waals surface area contributed by atoms with Crippen LogP contribution in [0.15, 0.2) is 53.2 Å². The van der Waals surface area contributed by atoms with Gasteiger partial charge in [0.25, 0.3) is 5.91 Å². The molecule has 1 heterocycles. The molecule has 0 spiro atoms. The van der Waals surface area contributed by atoms with Crippen molar-refractivity contribution < 1.29 is 18.7 Å². The largest absolute Gasteiger partial charge is 0.484 e. The molecule has 2 aromatic rings. The Hall–Kier alpha value is -3.02. The molecule has 2 rings (SSSR count). The van der Waals surface area contributed by atoms with Crippen molar-refractivity contribution in [3.63, 3.8) is 0 Å². The minimum Gasteiger partial charge on any atom is -0.484 e. The molecule has 0 fully saturated rings. The van der Waals surface area contributed by atoms with Crippen molar-refractivity contribution >= 4 is 17.9 Å². The smallest absolute Gasteiger partial charge is 0.255 e. The summed E-state index contributed by atoms with van der Waals surface area (Å²) in [7, 11) is 1.70. The van der Waals surface area contributed by atoms with Gasteiger partial charge >= 0.3 is 0 Å². The maximum absolute atomic E-state index is 12.0. The van der Waals surface area contributed by atoms with Gasteiger partial charge in [0.2, 0.25) is 5.91 Å². The van der Waals surface area contributed by atoms with Crippen molar-refractivity contribution in [3.8, 4) is 5.75 Å². The van der Waals surface area contributed by atoms with E-state index in [0.29, 0.717) is 12.3 Å². The first-order valence-electron chi connectivity index (χ1n) is 7.01. The maximum atomic E-state index is 12.0. The summed E-state index contributed by atoms with van der Waals surface area (Å²) in [4.78, 5) is 24.2. The molecule has 1 aromatic heterocycles. The summed E-state index contributed by atoms with van der Waals surface area (Å²) in [6.45, 7) is 0.251. The molecule has 6 nitrogen and oxygen atoms in total. The monoisotopic (exact) mass is 314 g/mol. The predicted molar refractivity (Wildman–Crippen MR) is 85.3 cm³/mol. The number of amides is 2. The summed E-state index contributed by atoms with van der Waals surface area (Å²) in [6, 6.07) is 10.6. The van der Waals surface area contributed by atoms with Crippen LogP contribution in [0.25, 0.3) is 6.08 Å². The number of nitrogens with two attached hydrogens (primary N) is 1. The Morgan fingerprint density at radius 1 is 1.26 bits per heavy atom. The number of hydrogen-bond acceptors (Lipinski definition) is 4. The second-order valence-electron chi connectivity index (χ2n) is 4.93. The van der Waals surface area contributed by atoms with Gasteiger partial charge in [-0.3, -0.25) is 9.59 Å². The average molecular weight is 314 g/mol. The summed E-state index contributed by atoms with van der Waals surface area (Å²) >= 11 is 0. The summed E-state index contributed by atoms with van der Waals surface area (Å²) < 4.78 is 10.4. The first kappa shape index (κ1) is 16.4. The van der Waals surface area contributed by atoms with Crippen LogP contribution in [0.4, 0.5) is 0 Å². The van der Waals surface area contributed by atoms with Crippen LogP contribution in [0, 0.1) is 0 Å². The van der Waals surface area contributed by atoms with E-state index in [0.717, 1.165) is 11.3 Å². The molecule has 0 atom stereocenters. The van der Waals surface area contributed by atoms with Gasteiger partial charge in [-0.2, -0.15) is 0 Å². The quantitative estimate of drug-likeness (QED) is 0.790. The number of carbonyl (C=O) groups excluding carboxylic acids is 2. The molecule has 6 heteroatoms. The number of carbonyl (C=O) groups is 2. The number of benzene rings is 1. The van der Waals surface area contributed by atoms with Crippen molar-refractivity contribution in [2.24, 2.45) is 5.73 Å². The van der Waals surface area contributed by atoms with E-state index >= 15 is 0 Å². The Morgan fingerprint density at radius 3 is 2.61 bits per heavy atom. The highest BCUT2D eigenvalue weighted by Gasteiger charge is 2.07. The molecule has 0 aliphatic carbocycles. The normalized spacial score (nSPS) is 10.7. The fraction of sp³-hybridized carbons (Fsp3) is 0.176. The first-order chi connectivity index (χ1) is 11.0. The molecule has 0 bridgehead atoms. The molecule has 1 aromatic carbocycles. The van der Waals surface area contributed by atoms with E-state index in [1.165, 1.54) is 6.08 Å². The highest BCUT2D eigenvalue weighted by Crippen LogP contribution is 2.13. The highest BCUT2D eigenvalue weighted by molar-refractivity contribution is 5.91. The second kappa shape index (κ2) is 7.84. The molecule has 0 saturated heterocycles. The van der Waals surface area contributed by atoms with Crippen molar-refractivity contribution in [1.29, 1.82) is 0 Å². The van der Waals surface area contributed by atoms with Gasteiger partial charge in [0.15, 0.2) is 6.61 Å². The average Bonchev–Trinajstić information content (AvgIpc) is 3.04. The number of furan rings is 1. The van der Waals surface area contributed by atoms with Crippen LogP contribution in [0.2, 0.25) is 0 Å². The fourth-order valence-electron chi connectivity index (χ4n) is 1.84. The molecule has 0 unspecified atom stereocenters. The number of ether oxygens (including phenoxy) is 1. The second-order valence-corrected chi connectivity index (χ2v) is 4.93. The van der Waals surface area contributed by atoms with Crippen LogP contribution >= 0.6 is 0 Å². The number of rotatable bonds is 7. The Morgan fingerprint density at radius 2 is 2.00 bits per heavy atom. The third-order valence-corrected chi connectivity index (χ3v) is 3.03. The van der Waals surface area contributed by atoms with Crippen LogP contribution in [0.1, 0.15) is 11.3 Å². The Kier molecular flexibility index (Phi) is 5.57. The lowest BCUT2D eigenvalue weighted by atomic mass is 10.2. The maximum Gasteiger partial charge on any atom is 0.255 e. The Bertz CT molecular complexity index is 675. The summed E-state index contributed by atoms with van der Waals surface area (Å²) in [5, 5.41) is 0. The van der Waals surface area contributed by atoms with Crippen molar-refractivity contribution in [2.75, 3.05) is 13.7 Å². The van der Waals surface area contributed by atoms with E-state index in [9.17, 15) is 9.59 Å². The number of likely N-dealkylation sites (N-methyl/N-ethyl adjacent to an activating group) is 1. The lowest BCUT2D eigenvalue weighted by molar-refractivity contribution is -0.125. The lowest BCUT2D eigenvalue weighted by Crippen LogP contribution is -2.23. The van der Waals surface area contributed by atoms with Crippen molar-refractivity contribution in [1.82, 2.24) is 4.90 Å². The van der Waals surface area contributed by atoms with Gasteiger partial charge in [-0.05, 0) is 35.9 Å². The number of nitrogens with zero attached hydrogens (tertiary/aromatic N) is 1. The van der Waals surface area contributed by atoms with Gasteiger partial charge in [-0.1, -0.05) is 12.1 Å². The molecule has 0 radical (unpaired) electrons. The minimum atomic E-state index is -0.529. The molecule has 2 N–H and O–H groups in total. The standard InChI is InChI=1S/C17H18N2O4/c1-19(11-15-3-2-10-22-15)17(21)9-6-13-4-7-14(8-5-13)23-12-16(18)20/h2-10H,11-12H2,1H3,(H2,18,20)/b9-6-. The van der Waals surface area contributed by atoms with E-state index in [-0.39, 0.29) is 12.5 Å². The Labute approximate surface area is 134 Å². The summed E-state index contributed by atoms with van der Waals surface area (Å²) in [5.41, 5.74) is 5.85. The zero-order valence-electron chi connectivity index (χ0n) is 12.8. The molecular formula is C17H18N2O4. The van der Waals surface area contributed by atoms with Crippen LogP contribution in [0.3, 0.4) is 0 Å². The van der Waals surface area contributed by atoms with E-state index in [1.54, 1.807) is 54.6 Å². The van der Waals surface area contributed by atoms with E-state index in [2.05, 4.69) is 0 Å². The predicted octanol–water partition coefficient (Wildman–Crippen LogP) is 1.82. The fourth-order valence-corrected chi connectivity index (χ4v) is 1.84. The van der Waals surface area contributed by atoms with Gasteiger partial charge in [-0.25, -0.2) is 0 Å². The zero-order chi connectivity index (χ0) is 16.7. The SMILES string of the molecule is CN(Cc1ccco1)C(=O)/C=C\c1ccc(OCC(N)=O)cc1. The molecule has 23 heavy (non-hydrogen) atoms.